The molecule has 0 radical (unpaired) electrons. The molecule has 19 heavy (non-hydrogen) atoms. The Kier molecular flexibility index (Phi) is 21.5. The van der Waals surface area contributed by atoms with Crippen LogP contribution in [0.5, 0.6) is 0 Å². The molecular formula is C15H33NO3. The second-order valence-corrected chi connectivity index (χ2v) is 3.97. The lowest BCUT2D eigenvalue weighted by atomic mass is 10.1. The number of hydrogen-bond donors (Lipinski definition) is 1. The monoisotopic (exact) mass is 275 g/mol. The summed E-state index contributed by atoms with van der Waals surface area (Å²) in [7, 11) is 0. The predicted octanol–water partition coefficient (Wildman–Crippen LogP) is 3.15. The Labute approximate surface area is 119 Å². The van der Waals surface area contributed by atoms with Crippen LogP contribution in [0.2, 0.25) is 0 Å². The second kappa shape index (κ2) is 19.7. The number of unbranched alkanes of at least 4 members (excludes halogenated alkanes) is 3. The van der Waals surface area contributed by atoms with E-state index in [1.54, 1.807) is 0 Å². The normalized spacial score (nSPS) is 9.68. The summed E-state index contributed by atoms with van der Waals surface area (Å²) >= 11 is 0. The third kappa shape index (κ3) is 19.9. The molecule has 1 N–H and O–H groups in total. The highest BCUT2D eigenvalue weighted by molar-refractivity contribution is 5.75. The highest BCUT2D eigenvalue weighted by atomic mass is 16.5. The van der Waals surface area contributed by atoms with Gasteiger partial charge in [-0.25, -0.2) is 0 Å². The summed E-state index contributed by atoms with van der Waals surface area (Å²) < 4.78 is 10.4. The minimum Gasteiger partial charge on any atom is -0.379 e. The first kappa shape index (κ1) is 20.7. The van der Waals surface area contributed by atoms with Gasteiger partial charge in [0.15, 0.2) is 0 Å². The largest absolute Gasteiger partial charge is 0.379 e. The molecule has 0 saturated carbocycles. The van der Waals surface area contributed by atoms with Crippen LogP contribution in [0, 0.1) is 0 Å². The summed E-state index contributed by atoms with van der Waals surface area (Å²) in [5.41, 5.74) is 0. The van der Waals surface area contributed by atoms with Crippen LogP contribution in [0.1, 0.15) is 59.8 Å². The van der Waals surface area contributed by atoms with Crippen LogP contribution in [0.3, 0.4) is 0 Å². The van der Waals surface area contributed by atoms with Gasteiger partial charge >= 0.3 is 0 Å². The number of carbonyl (C=O) groups is 1. The minimum absolute atomic E-state index is 0.134. The van der Waals surface area contributed by atoms with Crippen molar-refractivity contribution in [1.82, 2.24) is 5.32 Å². The molecule has 0 unspecified atom stereocenters. The van der Waals surface area contributed by atoms with Gasteiger partial charge in [-0.15, -0.1) is 0 Å². The second-order valence-electron chi connectivity index (χ2n) is 3.97. The maximum Gasteiger partial charge on any atom is 0.220 e. The van der Waals surface area contributed by atoms with E-state index in [9.17, 15) is 4.79 Å². The van der Waals surface area contributed by atoms with Crippen molar-refractivity contribution in [2.24, 2.45) is 0 Å². The highest BCUT2D eigenvalue weighted by Crippen LogP contribution is 2.01. The lowest BCUT2D eigenvalue weighted by Crippen LogP contribution is -2.27. The highest BCUT2D eigenvalue weighted by Gasteiger charge is 1.99. The zero-order valence-corrected chi connectivity index (χ0v) is 13.3. The molecule has 0 heterocycles. The number of ether oxygens (including phenoxy) is 2. The van der Waals surface area contributed by atoms with Gasteiger partial charge in [0, 0.05) is 19.6 Å². The van der Waals surface area contributed by atoms with Crippen molar-refractivity contribution in [2.45, 2.75) is 59.8 Å². The van der Waals surface area contributed by atoms with Crippen molar-refractivity contribution in [3.63, 3.8) is 0 Å². The number of amides is 1. The van der Waals surface area contributed by atoms with Crippen LogP contribution in [0.4, 0.5) is 0 Å². The predicted molar refractivity (Wildman–Crippen MR) is 80.4 cm³/mol. The molecule has 0 aliphatic carbocycles. The van der Waals surface area contributed by atoms with Crippen LogP contribution in [-0.4, -0.2) is 38.9 Å². The Bertz CT molecular complexity index is 175. The first-order valence-corrected chi connectivity index (χ1v) is 7.73. The Morgan fingerprint density at radius 1 is 0.947 bits per heavy atom. The zero-order chi connectivity index (χ0) is 14.8. The molecule has 0 aliphatic rings. The van der Waals surface area contributed by atoms with Crippen LogP contribution >= 0.6 is 0 Å². The van der Waals surface area contributed by atoms with E-state index >= 15 is 0 Å². The van der Waals surface area contributed by atoms with Crippen molar-refractivity contribution in [3.05, 3.63) is 0 Å². The van der Waals surface area contributed by atoms with E-state index in [2.05, 4.69) is 12.2 Å². The minimum atomic E-state index is 0.134. The van der Waals surface area contributed by atoms with Crippen LogP contribution < -0.4 is 5.32 Å². The SMILES string of the molecule is CC.CCCCCCC(=O)NCCOCCOCC. The lowest BCUT2D eigenvalue weighted by molar-refractivity contribution is -0.121. The van der Waals surface area contributed by atoms with E-state index in [1.165, 1.54) is 12.8 Å². The molecule has 0 aromatic rings. The third-order valence-corrected chi connectivity index (χ3v) is 2.40. The van der Waals surface area contributed by atoms with Crippen LogP contribution in [0.15, 0.2) is 0 Å². The van der Waals surface area contributed by atoms with Gasteiger partial charge in [0.1, 0.15) is 0 Å². The van der Waals surface area contributed by atoms with Gasteiger partial charge < -0.3 is 14.8 Å². The van der Waals surface area contributed by atoms with Crippen LogP contribution in [-0.2, 0) is 14.3 Å². The molecule has 4 nitrogen and oxygen atoms in total. The summed E-state index contributed by atoms with van der Waals surface area (Å²) in [6, 6.07) is 0. The maximum atomic E-state index is 11.4. The van der Waals surface area contributed by atoms with Crippen LogP contribution in [0.25, 0.3) is 0 Å². The zero-order valence-electron chi connectivity index (χ0n) is 13.3. The fourth-order valence-electron chi connectivity index (χ4n) is 1.43. The van der Waals surface area contributed by atoms with E-state index in [1.807, 2.05) is 20.8 Å². The van der Waals surface area contributed by atoms with Gasteiger partial charge in [-0.05, 0) is 13.3 Å². The molecule has 0 aliphatic heterocycles. The first-order valence-electron chi connectivity index (χ1n) is 7.73. The molecule has 0 spiro atoms. The van der Waals surface area contributed by atoms with Crippen molar-refractivity contribution in [3.8, 4) is 0 Å². The van der Waals surface area contributed by atoms with Gasteiger partial charge in [0.25, 0.3) is 0 Å². The molecule has 116 valence electrons. The number of carbonyl (C=O) groups excluding carboxylic acids is 1. The molecule has 0 aromatic heterocycles. The standard InChI is InChI=1S/C13H27NO3.C2H6/c1-3-5-6-7-8-13(15)14-9-10-17-12-11-16-4-2;1-2/h3-12H2,1-2H3,(H,14,15);1-2H3. The van der Waals surface area contributed by atoms with Crippen molar-refractivity contribution >= 4 is 5.91 Å². The summed E-state index contributed by atoms with van der Waals surface area (Å²) in [5, 5.41) is 2.85. The lowest BCUT2D eigenvalue weighted by Gasteiger charge is -2.06. The van der Waals surface area contributed by atoms with E-state index in [-0.39, 0.29) is 5.91 Å². The summed E-state index contributed by atoms with van der Waals surface area (Å²) in [5.74, 6) is 0.134. The molecule has 0 rings (SSSR count). The topological polar surface area (TPSA) is 47.6 Å². The molecule has 0 atom stereocenters. The Morgan fingerprint density at radius 2 is 1.63 bits per heavy atom. The summed E-state index contributed by atoms with van der Waals surface area (Å²) in [4.78, 5) is 11.4. The quantitative estimate of drug-likeness (QED) is 0.557. The van der Waals surface area contributed by atoms with Gasteiger partial charge in [-0.3, -0.25) is 4.79 Å². The average molecular weight is 275 g/mol. The van der Waals surface area contributed by atoms with Gasteiger partial charge in [-0.2, -0.15) is 0 Å². The number of rotatable bonds is 12. The molecular weight excluding hydrogens is 242 g/mol. The van der Waals surface area contributed by atoms with Crippen molar-refractivity contribution in [1.29, 1.82) is 0 Å². The Morgan fingerprint density at radius 3 is 2.26 bits per heavy atom. The smallest absolute Gasteiger partial charge is 0.220 e. The molecule has 0 fully saturated rings. The third-order valence-electron chi connectivity index (χ3n) is 2.40. The number of hydrogen-bond acceptors (Lipinski definition) is 3. The van der Waals surface area contributed by atoms with Crippen molar-refractivity contribution < 1.29 is 14.3 Å². The summed E-state index contributed by atoms with van der Waals surface area (Å²) in [6.07, 6.45) is 5.20. The number of nitrogens with one attached hydrogen (secondary N) is 1. The molecule has 0 saturated heterocycles. The fraction of sp³-hybridized carbons (Fsp3) is 0.933. The Balaban J connectivity index is 0. The van der Waals surface area contributed by atoms with E-state index in [4.69, 9.17) is 9.47 Å². The molecule has 0 bridgehead atoms. The Hall–Kier alpha value is -0.610. The molecule has 1 amide bonds. The van der Waals surface area contributed by atoms with Gasteiger partial charge in [0.05, 0.1) is 19.8 Å². The molecule has 4 heteroatoms. The van der Waals surface area contributed by atoms with Crippen molar-refractivity contribution in [2.75, 3.05) is 33.0 Å². The fourth-order valence-corrected chi connectivity index (χ4v) is 1.43. The summed E-state index contributed by atoms with van der Waals surface area (Å²) in [6.45, 7) is 11.2. The van der Waals surface area contributed by atoms with Gasteiger partial charge in [0.2, 0.25) is 5.91 Å². The van der Waals surface area contributed by atoms with E-state index < -0.39 is 0 Å². The first-order chi connectivity index (χ1) is 9.31. The molecule has 0 aromatic carbocycles. The average Bonchev–Trinajstić information content (AvgIpc) is 2.45. The van der Waals surface area contributed by atoms with E-state index in [0.717, 1.165) is 19.4 Å². The van der Waals surface area contributed by atoms with Gasteiger partial charge in [-0.1, -0.05) is 40.0 Å². The van der Waals surface area contributed by atoms with E-state index in [0.29, 0.717) is 32.8 Å². The maximum absolute atomic E-state index is 11.4.